The molecule has 2 atom stereocenters. The first-order valence-corrected chi connectivity index (χ1v) is 14.6. The quantitative estimate of drug-likeness (QED) is 0.321. The maximum Gasteiger partial charge on any atom is 0.264 e. The third kappa shape index (κ3) is 7.38. The SMILES string of the molecule is CC[C@H](C(=O)N[C@@H](C)CC)N(Cc1ccc(OC)cc1)C(=O)CN(c1ccccc1F)S(=O)(=O)c1ccccc1. The number of hydrogen-bond donors (Lipinski definition) is 1. The van der Waals surface area contributed by atoms with Crippen LogP contribution in [-0.2, 0) is 26.2 Å². The predicted molar refractivity (Wildman–Crippen MR) is 153 cm³/mol. The molecule has 0 fully saturated rings. The molecule has 0 unspecified atom stereocenters. The number of rotatable bonds is 13. The second kappa shape index (κ2) is 13.9. The van der Waals surface area contributed by atoms with Gasteiger partial charge in [0.1, 0.15) is 24.2 Å². The molecule has 40 heavy (non-hydrogen) atoms. The Kier molecular flexibility index (Phi) is 10.7. The van der Waals surface area contributed by atoms with Crippen LogP contribution in [0.5, 0.6) is 5.75 Å². The number of halogens is 1. The monoisotopic (exact) mass is 569 g/mol. The van der Waals surface area contributed by atoms with Crippen LogP contribution < -0.4 is 14.4 Å². The van der Waals surface area contributed by atoms with Gasteiger partial charge in [-0.1, -0.05) is 56.3 Å². The van der Waals surface area contributed by atoms with Crippen LogP contribution in [0, 0.1) is 5.82 Å². The van der Waals surface area contributed by atoms with Gasteiger partial charge in [-0.25, -0.2) is 12.8 Å². The zero-order valence-corrected chi connectivity index (χ0v) is 24.0. The fourth-order valence-corrected chi connectivity index (χ4v) is 5.62. The largest absolute Gasteiger partial charge is 0.497 e. The minimum atomic E-state index is -4.33. The molecular weight excluding hydrogens is 533 g/mol. The highest BCUT2D eigenvalue weighted by molar-refractivity contribution is 7.92. The van der Waals surface area contributed by atoms with E-state index in [1.807, 2.05) is 13.8 Å². The number of ether oxygens (including phenoxy) is 1. The van der Waals surface area contributed by atoms with E-state index in [0.717, 1.165) is 10.4 Å². The molecule has 214 valence electrons. The molecule has 3 aromatic carbocycles. The van der Waals surface area contributed by atoms with Crippen molar-refractivity contribution in [2.75, 3.05) is 18.0 Å². The number of carbonyl (C=O) groups excluding carboxylic acids is 2. The van der Waals surface area contributed by atoms with Crippen molar-refractivity contribution < 1.29 is 27.1 Å². The van der Waals surface area contributed by atoms with Gasteiger partial charge in [0.25, 0.3) is 10.0 Å². The Balaban J connectivity index is 2.05. The number of hydrogen-bond acceptors (Lipinski definition) is 5. The number of anilines is 1. The summed E-state index contributed by atoms with van der Waals surface area (Å²) in [4.78, 5) is 28.6. The van der Waals surface area contributed by atoms with Crippen molar-refractivity contribution in [3.63, 3.8) is 0 Å². The molecule has 0 aliphatic carbocycles. The maximum atomic E-state index is 15.0. The first-order chi connectivity index (χ1) is 19.1. The molecule has 0 saturated heterocycles. The van der Waals surface area contributed by atoms with Crippen LogP contribution in [-0.4, -0.2) is 50.9 Å². The van der Waals surface area contributed by atoms with Gasteiger partial charge >= 0.3 is 0 Å². The second-order valence-corrected chi connectivity index (χ2v) is 11.3. The van der Waals surface area contributed by atoms with Crippen molar-refractivity contribution in [3.8, 4) is 5.75 Å². The van der Waals surface area contributed by atoms with Crippen molar-refractivity contribution in [3.05, 3.63) is 90.2 Å². The van der Waals surface area contributed by atoms with Crippen LogP contribution in [0.4, 0.5) is 10.1 Å². The first-order valence-electron chi connectivity index (χ1n) is 13.2. The highest BCUT2D eigenvalue weighted by Crippen LogP contribution is 2.27. The van der Waals surface area contributed by atoms with Crippen LogP contribution in [0.25, 0.3) is 0 Å². The fourth-order valence-electron chi connectivity index (χ4n) is 4.18. The lowest BCUT2D eigenvalue weighted by molar-refractivity contribution is -0.140. The van der Waals surface area contributed by atoms with Crippen molar-refractivity contribution in [1.29, 1.82) is 0 Å². The van der Waals surface area contributed by atoms with E-state index in [0.29, 0.717) is 17.7 Å². The van der Waals surface area contributed by atoms with E-state index in [1.165, 1.54) is 35.2 Å². The standard InChI is InChI=1S/C30H36FN3O5S/c1-5-22(3)32-30(36)27(6-2)33(20-23-16-18-24(39-4)19-17-23)29(35)21-34(28-15-11-10-14-26(28)31)40(37,38)25-12-8-7-9-13-25/h7-19,22,27H,5-6,20-21H2,1-4H3,(H,32,36)/t22-,27+/m0/s1. The van der Waals surface area contributed by atoms with E-state index >= 15 is 0 Å². The number of para-hydroxylation sites is 1. The summed E-state index contributed by atoms with van der Waals surface area (Å²) in [6.45, 7) is 4.91. The van der Waals surface area contributed by atoms with E-state index in [-0.39, 0.29) is 35.5 Å². The molecule has 3 aromatic rings. The summed E-state index contributed by atoms with van der Waals surface area (Å²) in [6.07, 6.45) is 0.986. The molecule has 0 bridgehead atoms. The van der Waals surface area contributed by atoms with Crippen LogP contribution >= 0.6 is 0 Å². The van der Waals surface area contributed by atoms with Crippen LogP contribution in [0.15, 0.2) is 83.8 Å². The van der Waals surface area contributed by atoms with Gasteiger partial charge in [-0.15, -0.1) is 0 Å². The minimum absolute atomic E-state index is 0.0335. The summed E-state index contributed by atoms with van der Waals surface area (Å²) in [5.41, 5.74) is 0.452. The predicted octanol–water partition coefficient (Wildman–Crippen LogP) is 4.75. The zero-order chi connectivity index (χ0) is 29.3. The molecule has 10 heteroatoms. The molecule has 3 rings (SSSR count). The van der Waals surface area contributed by atoms with Crippen molar-refractivity contribution in [2.24, 2.45) is 0 Å². The van der Waals surface area contributed by atoms with E-state index in [2.05, 4.69) is 5.32 Å². The topological polar surface area (TPSA) is 96.0 Å². The summed E-state index contributed by atoms with van der Waals surface area (Å²) in [5.74, 6) is -1.16. The van der Waals surface area contributed by atoms with Gasteiger partial charge in [0, 0.05) is 12.6 Å². The summed E-state index contributed by atoms with van der Waals surface area (Å²) < 4.78 is 48.4. The Morgan fingerprint density at radius 3 is 2.12 bits per heavy atom. The zero-order valence-electron chi connectivity index (χ0n) is 23.2. The van der Waals surface area contributed by atoms with Gasteiger partial charge in [0.05, 0.1) is 17.7 Å². The van der Waals surface area contributed by atoms with E-state index in [1.54, 1.807) is 56.5 Å². The van der Waals surface area contributed by atoms with Gasteiger partial charge in [0.15, 0.2) is 0 Å². The average molecular weight is 570 g/mol. The lowest BCUT2D eigenvalue weighted by Crippen LogP contribution is -2.53. The Morgan fingerprint density at radius 2 is 1.55 bits per heavy atom. The molecule has 2 amide bonds. The molecule has 0 aromatic heterocycles. The number of carbonyl (C=O) groups is 2. The molecule has 8 nitrogen and oxygen atoms in total. The van der Waals surface area contributed by atoms with Crippen LogP contribution in [0.3, 0.4) is 0 Å². The molecular formula is C30H36FN3O5S. The third-order valence-corrected chi connectivity index (χ3v) is 8.40. The van der Waals surface area contributed by atoms with E-state index in [9.17, 15) is 22.4 Å². The highest BCUT2D eigenvalue weighted by atomic mass is 32.2. The minimum Gasteiger partial charge on any atom is -0.497 e. The van der Waals surface area contributed by atoms with Gasteiger partial charge in [-0.3, -0.25) is 13.9 Å². The summed E-state index contributed by atoms with van der Waals surface area (Å²) >= 11 is 0. The summed E-state index contributed by atoms with van der Waals surface area (Å²) in [5, 5.41) is 2.93. The van der Waals surface area contributed by atoms with E-state index in [4.69, 9.17) is 4.74 Å². The van der Waals surface area contributed by atoms with Crippen molar-refractivity contribution >= 4 is 27.5 Å². The van der Waals surface area contributed by atoms with Gasteiger partial charge in [0.2, 0.25) is 11.8 Å². The lowest BCUT2D eigenvalue weighted by Gasteiger charge is -2.33. The number of benzene rings is 3. The summed E-state index contributed by atoms with van der Waals surface area (Å²) in [7, 11) is -2.79. The molecule has 0 heterocycles. The maximum absolute atomic E-state index is 15.0. The Morgan fingerprint density at radius 1 is 0.925 bits per heavy atom. The van der Waals surface area contributed by atoms with Gasteiger partial charge < -0.3 is 15.0 Å². The normalized spacial score (nSPS) is 12.7. The molecule has 0 aliphatic heterocycles. The van der Waals surface area contributed by atoms with Gasteiger partial charge in [-0.05, 0) is 61.7 Å². The van der Waals surface area contributed by atoms with Crippen LogP contribution in [0.1, 0.15) is 39.2 Å². The molecule has 1 N–H and O–H groups in total. The molecule has 0 spiro atoms. The molecule has 0 radical (unpaired) electrons. The number of sulfonamides is 1. The average Bonchev–Trinajstić information content (AvgIpc) is 2.96. The van der Waals surface area contributed by atoms with Crippen molar-refractivity contribution in [1.82, 2.24) is 10.2 Å². The number of nitrogens with zero attached hydrogens (tertiary/aromatic N) is 2. The third-order valence-electron chi connectivity index (χ3n) is 6.63. The van der Waals surface area contributed by atoms with Gasteiger partial charge in [-0.2, -0.15) is 0 Å². The van der Waals surface area contributed by atoms with Crippen LogP contribution in [0.2, 0.25) is 0 Å². The highest BCUT2D eigenvalue weighted by Gasteiger charge is 2.34. The Bertz CT molecular complexity index is 1380. The number of nitrogens with one attached hydrogen (secondary N) is 1. The number of methoxy groups -OCH3 is 1. The number of amides is 2. The Labute approximate surface area is 235 Å². The second-order valence-electron chi connectivity index (χ2n) is 9.39. The van der Waals surface area contributed by atoms with Crippen molar-refractivity contribution in [2.45, 2.75) is 57.1 Å². The molecule has 0 aliphatic rings. The lowest BCUT2D eigenvalue weighted by atomic mass is 10.1. The first kappa shape index (κ1) is 30.6. The Hall–Kier alpha value is -3.92. The fraction of sp³-hybridized carbons (Fsp3) is 0.333. The molecule has 0 saturated carbocycles. The summed E-state index contributed by atoms with van der Waals surface area (Å²) in [6, 6.07) is 18.9. The van der Waals surface area contributed by atoms with E-state index < -0.39 is 34.3 Å². The smallest absolute Gasteiger partial charge is 0.264 e.